The van der Waals surface area contributed by atoms with E-state index in [4.69, 9.17) is 4.74 Å². The third-order valence-electron chi connectivity index (χ3n) is 3.65. The molecule has 6 nitrogen and oxygen atoms in total. The second-order valence-corrected chi connectivity index (χ2v) is 7.60. The number of benzene rings is 1. The molecule has 2 unspecified atom stereocenters. The number of ether oxygens (including phenoxy) is 1. The molecule has 0 radical (unpaired) electrons. The van der Waals surface area contributed by atoms with Crippen molar-refractivity contribution in [1.82, 2.24) is 4.90 Å². The van der Waals surface area contributed by atoms with Crippen LogP contribution in [0.3, 0.4) is 0 Å². The molecule has 0 aromatic heterocycles. The van der Waals surface area contributed by atoms with Crippen molar-refractivity contribution < 1.29 is 17.9 Å². The number of morpholine rings is 1. The lowest BCUT2D eigenvalue weighted by Crippen LogP contribution is -2.50. The van der Waals surface area contributed by atoms with Crippen molar-refractivity contribution in [2.45, 2.75) is 32.9 Å². The molecule has 1 saturated heterocycles. The Bertz CT molecular complexity index is 672. The molecule has 0 saturated carbocycles. The van der Waals surface area contributed by atoms with Gasteiger partial charge in [0.15, 0.2) is 0 Å². The number of carbonyl (C=O) groups is 1. The number of anilines is 1. The summed E-state index contributed by atoms with van der Waals surface area (Å²) in [7, 11) is -3.38. The number of carbonyl (C=O) groups excluding carboxylic acids is 1. The predicted octanol–water partition coefficient (Wildman–Crippen LogP) is 1.62. The number of nitrogens with zero attached hydrogens (tertiary/aromatic N) is 1. The quantitative estimate of drug-likeness (QED) is 0.916. The molecule has 1 aliphatic rings. The highest BCUT2D eigenvalue weighted by atomic mass is 32.2. The first-order valence-electron chi connectivity index (χ1n) is 7.18. The number of amides is 1. The molecular weight excluding hydrogens is 304 g/mol. The first-order chi connectivity index (χ1) is 10.2. The van der Waals surface area contributed by atoms with Gasteiger partial charge in [0, 0.05) is 12.1 Å². The molecule has 1 aromatic rings. The summed E-state index contributed by atoms with van der Waals surface area (Å²) in [6.45, 7) is 6.70. The number of hydrogen-bond acceptors (Lipinski definition) is 4. The summed E-state index contributed by atoms with van der Waals surface area (Å²) in [5.74, 6) is -0.112. The van der Waals surface area contributed by atoms with Crippen LogP contribution >= 0.6 is 0 Å². The van der Waals surface area contributed by atoms with E-state index in [-0.39, 0.29) is 18.1 Å². The van der Waals surface area contributed by atoms with E-state index in [2.05, 4.69) is 4.72 Å². The van der Waals surface area contributed by atoms with Gasteiger partial charge in [0.25, 0.3) is 5.91 Å². The first-order valence-corrected chi connectivity index (χ1v) is 9.07. The Morgan fingerprint density at radius 2 is 2.05 bits per heavy atom. The summed E-state index contributed by atoms with van der Waals surface area (Å²) in [6, 6.07) is 5.05. The average molecular weight is 326 g/mol. The maximum Gasteiger partial charge on any atom is 0.254 e. The summed E-state index contributed by atoms with van der Waals surface area (Å²) in [5, 5.41) is 0. The van der Waals surface area contributed by atoms with Crippen molar-refractivity contribution in [2.24, 2.45) is 0 Å². The Labute approximate surface area is 131 Å². The lowest BCUT2D eigenvalue weighted by atomic mass is 10.1. The van der Waals surface area contributed by atoms with Crippen LogP contribution in [0.25, 0.3) is 0 Å². The van der Waals surface area contributed by atoms with Gasteiger partial charge in [-0.15, -0.1) is 0 Å². The standard InChI is InChI=1S/C15H22N2O4S/c1-10-5-6-13(7-14(10)16-22(4,19)20)15(18)17-8-12(3)21-9-11(17)2/h5-7,11-12,16H,8-9H2,1-4H3. The number of nitrogens with one attached hydrogen (secondary N) is 1. The Balaban J connectivity index is 2.28. The van der Waals surface area contributed by atoms with Crippen LogP contribution in [0.5, 0.6) is 0 Å². The van der Waals surface area contributed by atoms with E-state index in [0.717, 1.165) is 11.8 Å². The fourth-order valence-corrected chi connectivity index (χ4v) is 3.04. The number of aryl methyl sites for hydroxylation is 1. The van der Waals surface area contributed by atoms with Gasteiger partial charge in [0.05, 0.1) is 30.7 Å². The molecule has 1 aromatic carbocycles. The van der Waals surface area contributed by atoms with E-state index in [0.29, 0.717) is 24.4 Å². The van der Waals surface area contributed by atoms with Crippen molar-refractivity contribution in [3.8, 4) is 0 Å². The first kappa shape index (κ1) is 16.8. The van der Waals surface area contributed by atoms with Crippen molar-refractivity contribution in [1.29, 1.82) is 0 Å². The van der Waals surface area contributed by atoms with Crippen LogP contribution in [0.4, 0.5) is 5.69 Å². The normalized spacial score (nSPS) is 22.5. The van der Waals surface area contributed by atoms with Gasteiger partial charge in [-0.25, -0.2) is 8.42 Å². The molecule has 1 amide bonds. The van der Waals surface area contributed by atoms with Crippen LogP contribution in [0, 0.1) is 6.92 Å². The highest BCUT2D eigenvalue weighted by Crippen LogP contribution is 2.21. The zero-order valence-electron chi connectivity index (χ0n) is 13.3. The molecule has 22 heavy (non-hydrogen) atoms. The van der Waals surface area contributed by atoms with Crippen LogP contribution in [0.2, 0.25) is 0 Å². The summed E-state index contributed by atoms with van der Waals surface area (Å²) >= 11 is 0. The highest BCUT2D eigenvalue weighted by molar-refractivity contribution is 7.92. The summed E-state index contributed by atoms with van der Waals surface area (Å²) < 4.78 is 30.8. The molecule has 7 heteroatoms. The molecule has 0 bridgehead atoms. The number of hydrogen-bond donors (Lipinski definition) is 1. The van der Waals surface area contributed by atoms with Gasteiger partial charge < -0.3 is 9.64 Å². The lowest BCUT2D eigenvalue weighted by molar-refractivity contribution is -0.0387. The summed E-state index contributed by atoms with van der Waals surface area (Å²) in [6.07, 6.45) is 1.09. The largest absolute Gasteiger partial charge is 0.375 e. The number of rotatable bonds is 3. The van der Waals surface area contributed by atoms with E-state index in [1.165, 1.54) is 0 Å². The van der Waals surface area contributed by atoms with Crippen LogP contribution in [0.15, 0.2) is 18.2 Å². The zero-order chi connectivity index (χ0) is 16.5. The minimum atomic E-state index is -3.38. The van der Waals surface area contributed by atoms with Crippen molar-refractivity contribution in [3.63, 3.8) is 0 Å². The molecule has 1 fully saturated rings. The smallest absolute Gasteiger partial charge is 0.254 e. The third-order valence-corrected chi connectivity index (χ3v) is 4.24. The van der Waals surface area contributed by atoms with Crippen LogP contribution in [-0.4, -0.2) is 50.8 Å². The Morgan fingerprint density at radius 3 is 2.68 bits per heavy atom. The van der Waals surface area contributed by atoms with Gasteiger partial charge in [0.2, 0.25) is 10.0 Å². The van der Waals surface area contributed by atoms with Gasteiger partial charge in [-0.1, -0.05) is 6.07 Å². The monoisotopic (exact) mass is 326 g/mol. The van der Waals surface area contributed by atoms with Gasteiger partial charge in [0.1, 0.15) is 0 Å². The second-order valence-electron chi connectivity index (χ2n) is 5.85. The Morgan fingerprint density at radius 1 is 1.36 bits per heavy atom. The SMILES string of the molecule is Cc1ccc(C(=O)N2CC(C)OCC2C)cc1NS(C)(=O)=O. The van der Waals surface area contributed by atoms with E-state index < -0.39 is 10.0 Å². The molecule has 0 aliphatic carbocycles. The molecule has 2 atom stereocenters. The van der Waals surface area contributed by atoms with E-state index in [9.17, 15) is 13.2 Å². The maximum atomic E-state index is 12.7. The molecule has 1 heterocycles. The maximum absolute atomic E-state index is 12.7. The fraction of sp³-hybridized carbons (Fsp3) is 0.533. The van der Waals surface area contributed by atoms with E-state index in [1.54, 1.807) is 30.0 Å². The van der Waals surface area contributed by atoms with E-state index >= 15 is 0 Å². The van der Waals surface area contributed by atoms with Crippen LogP contribution in [-0.2, 0) is 14.8 Å². The van der Waals surface area contributed by atoms with Crippen molar-refractivity contribution >= 4 is 21.6 Å². The van der Waals surface area contributed by atoms with Gasteiger partial charge in [-0.2, -0.15) is 0 Å². The van der Waals surface area contributed by atoms with Gasteiger partial charge in [-0.3, -0.25) is 9.52 Å². The molecule has 0 spiro atoms. The number of sulfonamides is 1. The minimum Gasteiger partial charge on any atom is -0.375 e. The van der Waals surface area contributed by atoms with Gasteiger partial charge in [-0.05, 0) is 38.5 Å². The summed E-state index contributed by atoms with van der Waals surface area (Å²) in [4.78, 5) is 14.4. The molecule has 1 N–H and O–H groups in total. The molecule has 1 aliphatic heterocycles. The third kappa shape index (κ3) is 3.98. The Kier molecular flexibility index (Phi) is 4.77. The lowest BCUT2D eigenvalue weighted by Gasteiger charge is -2.37. The highest BCUT2D eigenvalue weighted by Gasteiger charge is 2.28. The molecule has 122 valence electrons. The van der Waals surface area contributed by atoms with Crippen molar-refractivity contribution in [3.05, 3.63) is 29.3 Å². The molecule has 2 rings (SSSR count). The van der Waals surface area contributed by atoms with Crippen LogP contribution in [0.1, 0.15) is 29.8 Å². The van der Waals surface area contributed by atoms with Gasteiger partial charge >= 0.3 is 0 Å². The topological polar surface area (TPSA) is 75.7 Å². The zero-order valence-corrected chi connectivity index (χ0v) is 14.1. The minimum absolute atomic E-state index is 0.000728. The van der Waals surface area contributed by atoms with E-state index in [1.807, 2.05) is 13.8 Å². The summed E-state index contributed by atoms with van der Waals surface area (Å²) in [5.41, 5.74) is 1.67. The second kappa shape index (κ2) is 6.26. The predicted molar refractivity (Wildman–Crippen MR) is 85.6 cm³/mol. The fourth-order valence-electron chi connectivity index (χ4n) is 2.42. The van der Waals surface area contributed by atoms with Crippen LogP contribution < -0.4 is 4.72 Å². The Hall–Kier alpha value is -1.60. The average Bonchev–Trinajstić information content (AvgIpc) is 2.42. The molecular formula is C15H22N2O4S. The van der Waals surface area contributed by atoms with Crippen molar-refractivity contribution in [2.75, 3.05) is 24.1 Å².